The van der Waals surface area contributed by atoms with Gasteiger partial charge in [-0.3, -0.25) is 5.32 Å². The topological polar surface area (TPSA) is 240 Å². The van der Waals surface area contributed by atoms with E-state index in [1.54, 1.807) is 0 Å². The van der Waals surface area contributed by atoms with Gasteiger partial charge in [0.05, 0.1) is 19.3 Å². The van der Waals surface area contributed by atoms with E-state index in [-0.39, 0.29) is 6.04 Å². The van der Waals surface area contributed by atoms with Crippen LogP contribution in [0.1, 0.15) is 45.4 Å². The van der Waals surface area contributed by atoms with Gasteiger partial charge in [-0.1, -0.05) is 61.1 Å². The van der Waals surface area contributed by atoms with Crippen LogP contribution in [-0.4, -0.2) is 157 Å². The Bertz CT molecular complexity index is 1340. The smallest absolute Gasteiger partial charge is 0.187 e. The predicted molar refractivity (Wildman–Crippen MR) is 187 cm³/mol. The summed E-state index contributed by atoms with van der Waals surface area (Å²) in [5, 5.41) is 98.5. The highest BCUT2D eigenvalue weighted by molar-refractivity contribution is 5.31. The zero-order valence-electron chi connectivity index (χ0n) is 29.9. The van der Waals surface area contributed by atoms with Crippen molar-refractivity contribution >= 4 is 0 Å². The molecule has 3 aliphatic heterocycles. The maximum atomic E-state index is 11.9. The number of fused-ring (bicyclic) bond motifs is 1. The van der Waals surface area contributed by atoms with Crippen LogP contribution in [0, 0.1) is 17.8 Å². The van der Waals surface area contributed by atoms with E-state index in [1.807, 2.05) is 24.3 Å². The Morgan fingerprint density at radius 2 is 1.36 bits per heavy atom. The molecule has 19 atom stereocenters. The molecular formula is C38H57NO14. The summed E-state index contributed by atoms with van der Waals surface area (Å²) in [6, 6.07) is -0.0609. The largest absolute Gasteiger partial charge is 0.394 e. The average Bonchev–Trinajstić information content (AvgIpc) is 3.90. The van der Waals surface area contributed by atoms with Crippen LogP contribution in [0.2, 0.25) is 0 Å². The first kappa shape index (κ1) is 40.8. The van der Waals surface area contributed by atoms with Gasteiger partial charge in [0, 0.05) is 6.04 Å². The van der Waals surface area contributed by atoms with E-state index in [2.05, 4.69) is 35.7 Å². The molecule has 3 heterocycles. The van der Waals surface area contributed by atoms with E-state index in [0.717, 1.165) is 38.5 Å². The lowest BCUT2D eigenvalue weighted by molar-refractivity contribution is -0.371. The number of aliphatic hydroxyl groups excluding tert-OH is 9. The summed E-state index contributed by atoms with van der Waals surface area (Å²) < 4.78 is 29.6. The third kappa shape index (κ3) is 9.39. The summed E-state index contributed by atoms with van der Waals surface area (Å²) in [5.74, 6) is 1.41. The SMILES string of the molecule is CC1O[C@@H](OC2C(O)[C@H](NC3CCC[C@@H](/C4=C/C=C\C=C/C=C\CC=C4)C4CC4C3)OC(CO)[C@H]2O[C@@H]2OC(CO)[C@H](O)C(O)C2O)C(O)C(O)[C@@H]1O. The van der Waals surface area contributed by atoms with E-state index in [9.17, 15) is 46.0 Å². The number of hydrogen-bond acceptors (Lipinski definition) is 15. The lowest BCUT2D eigenvalue weighted by Gasteiger charge is -2.49. The molecule has 15 nitrogen and oxygen atoms in total. The molecule has 6 aliphatic rings. The summed E-state index contributed by atoms with van der Waals surface area (Å²) in [5.41, 5.74) is 1.32. The molecule has 0 radical (unpaired) electrons. The number of hydrogen-bond donors (Lipinski definition) is 10. The van der Waals surface area contributed by atoms with Crippen LogP contribution in [0.5, 0.6) is 0 Å². The second-order valence-electron chi connectivity index (χ2n) is 15.1. The third-order valence-electron chi connectivity index (χ3n) is 11.5. The normalized spacial score (nSPS) is 50.7. The zero-order valence-corrected chi connectivity index (χ0v) is 29.9. The molecule has 3 saturated heterocycles. The van der Waals surface area contributed by atoms with Crippen LogP contribution in [0.3, 0.4) is 0 Å². The summed E-state index contributed by atoms with van der Waals surface area (Å²) in [6.07, 6.45) is 2.16. The first-order valence-electron chi connectivity index (χ1n) is 18.9. The van der Waals surface area contributed by atoms with Crippen LogP contribution < -0.4 is 5.32 Å². The van der Waals surface area contributed by atoms with Crippen molar-refractivity contribution < 1.29 is 69.6 Å². The van der Waals surface area contributed by atoms with Gasteiger partial charge in [-0.2, -0.15) is 0 Å². The van der Waals surface area contributed by atoms with Gasteiger partial charge in [-0.25, -0.2) is 0 Å². The second-order valence-corrected chi connectivity index (χ2v) is 15.1. The van der Waals surface area contributed by atoms with Gasteiger partial charge >= 0.3 is 0 Å². The van der Waals surface area contributed by atoms with Gasteiger partial charge < -0.3 is 69.6 Å². The number of rotatable bonds is 9. The minimum absolute atomic E-state index is 0.0609. The van der Waals surface area contributed by atoms with Gasteiger partial charge in [0.1, 0.15) is 73.4 Å². The van der Waals surface area contributed by atoms with Crippen LogP contribution in [0.25, 0.3) is 0 Å². The van der Waals surface area contributed by atoms with Crippen LogP contribution in [0.4, 0.5) is 0 Å². The Balaban J connectivity index is 1.18. The van der Waals surface area contributed by atoms with E-state index in [4.69, 9.17) is 23.7 Å². The fourth-order valence-electron chi connectivity index (χ4n) is 8.36. The highest BCUT2D eigenvalue weighted by Gasteiger charge is 2.54. The predicted octanol–water partition coefficient (Wildman–Crippen LogP) is -1.20. The van der Waals surface area contributed by atoms with Gasteiger partial charge in [0.15, 0.2) is 12.6 Å². The summed E-state index contributed by atoms with van der Waals surface area (Å²) in [4.78, 5) is 0. The quantitative estimate of drug-likeness (QED) is 0.133. The molecule has 0 aromatic rings. The molecule has 10 N–H and O–H groups in total. The van der Waals surface area contributed by atoms with Crippen molar-refractivity contribution in [3.8, 4) is 0 Å². The lowest BCUT2D eigenvalue weighted by atomic mass is 9.83. The van der Waals surface area contributed by atoms with Crippen LogP contribution >= 0.6 is 0 Å². The molecular weight excluding hydrogens is 694 g/mol. The Morgan fingerprint density at radius 1 is 0.679 bits per heavy atom. The summed E-state index contributed by atoms with van der Waals surface area (Å²) in [6.45, 7) is 0.107. The van der Waals surface area contributed by atoms with Crippen molar-refractivity contribution in [3.05, 3.63) is 60.3 Å². The van der Waals surface area contributed by atoms with Crippen molar-refractivity contribution in [1.29, 1.82) is 0 Å². The molecule has 0 aromatic carbocycles. The van der Waals surface area contributed by atoms with E-state index in [1.165, 1.54) is 12.5 Å². The number of ether oxygens (including phenoxy) is 5. The highest BCUT2D eigenvalue weighted by Crippen LogP contribution is 2.53. The van der Waals surface area contributed by atoms with Crippen LogP contribution in [-0.2, 0) is 23.7 Å². The van der Waals surface area contributed by atoms with E-state index in [0.29, 0.717) is 17.8 Å². The third-order valence-corrected chi connectivity index (χ3v) is 11.5. The Hall–Kier alpha value is -1.90. The summed E-state index contributed by atoms with van der Waals surface area (Å²) in [7, 11) is 0. The molecule has 0 amide bonds. The van der Waals surface area contributed by atoms with Crippen molar-refractivity contribution in [2.75, 3.05) is 13.2 Å². The van der Waals surface area contributed by atoms with E-state index < -0.39 is 105 Å². The molecule has 0 aromatic heterocycles. The van der Waals surface area contributed by atoms with Crippen LogP contribution in [0.15, 0.2) is 60.3 Å². The molecule has 12 unspecified atom stereocenters. The van der Waals surface area contributed by atoms with Crippen molar-refractivity contribution in [1.82, 2.24) is 5.32 Å². The molecule has 6 rings (SSSR count). The second kappa shape index (κ2) is 18.4. The fourth-order valence-corrected chi connectivity index (χ4v) is 8.36. The van der Waals surface area contributed by atoms with Gasteiger partial charge in [0.2, 0.25) is 0 Å². The first-order chi connectivity index (χ1) is 25.5. The number of nitrogens with one attached hydrogen (secondary N) is 1. The lowest BCUT2D eigenvalue weighted by Crippen LogP contribution is -2.69. The van der Waals surface area contributed by atoms with Crippen molar-refractivity contribution in [2.45, 2.75) is 144 Å². The number of allylic oxidation sites excluding steroid dienone is 10. The van der Waals surface area contributed by atoms with Gasteiger partial charge in [-0.05, 0) is 62.4 Å². The van der Waals surface area contributed by atoms with Crippen molar-refractivity contribution in [2.24, 2.45) is 17.8 Å². The molecule has 298 valence electrons. The number of aliphatic hydroxyl groups is 9. The maximum Gasteiger partial charge on any atom is 0.187 e. The Labute approximate surface area is 309 Å². The minimum Gasteiger partial charge on any atom is -0.394 e. The summed E-state index contributed by atoms with van der Waals surface area (Å²) >= 11 is 0. The Kier molecular flexibility index (Phi) is 14.1. The first-order valence-corrected chi connectivity index (χ1v) is 18.9. The van der Waals surface area contributed by atoms with Crippen molar-refractivity contribution in [3.63, 3.8) is 0 Å². The van der Waals surface area contributed by atoms with E-state index >= 15 is 0 Å². The molecule has 0 spiro atoms. The minimum atomic E-state index is -1.81. The zero-order chi connectivity index (χ0) is 37.8. The molecule has 2 saturated carbocycles. The van der Waals surface area contributed by atoms with Gasteiger partial charge in [0.25, 0.3) is 0 Å². The fraction of sp³-hybridized carbons (Fsp3) is 0.737. The standard InChI is InChI=1S/C38H57NO14/c1-19-27(42)29(44)31(46)37(49-19)53-35-33(48)36(50-26(18-41)34(35)52-38-32(47)30(45)28(43)25(17-40)51-38)39-22-13-10-14-23(24-16-21(24)15-22)20-11-8-6-4-2-3-5-7-9-12-20/h2-6,8-9,11-12,19,21-48H,7,10,13-18H2,1H3/b4-2-,5-3-,8-6-,12-9?,20-11+/t19?,21?,22?,23-,24?,25?,26?,27+,28-,29?,30?,31?,32?,33?,34+,35?,36+,37-,38-/m0/s1. The molecule has 15 heteroatoms. The molecule has 5 fully saturated rings. The van der Waals surface area contributed by atoms with Gasteiger partial charge in [-0.15, -0.1) is 0 Å². The maximum absolute atomic E-state index is 11.9. The Morgan fingerprint density at radius 3 is 2.11 bits per heavy atom. The molecule has 0 bridgehead atoms. The highest BCUT2D eigenvalue weighted by atomic mass is 16.7. The molecule has 53 heavy (non-hydrogen) atoms. The average molecular weight is 752 g/mol. The molecule has 3 aliphatic carbocycles. The monoisotopic (exact) mass is 751 g/mol.